The quantitative estimate of drug-likeness (QED) is 0.789. The normalized spacial score (nSPS) is 11.5. The van der Waals surface area contributed by atoms with E-state index in [2.05, 4.69) is 23.7 Å². The number of hydrogen-bond acceptors (Lipinski definition) is 4. The average Bonchev–Trinajstić information content (AvgIpc) is 2.51. The largest absolute Gasteiger partial charge is 0.493 e. The number of pyridine rings is 1. The van der Waals surface area contributed by atoms with Crippen LogP contribution in [0.15, 0.2) is 24.4 Å². The highest BCUT2D eigenvalue weighted by molar-refractivity contribution is 6.18. The Morgan fingerprint density at radius 3 is 2.38 bits per heavy atom. The van der Waals surface area contributed by atoms with Gasteiger partial charge in [0.2, 0.25) is 0 Å². The lowest BCUT2D eigenvalue weighted by Crippen LogP contribution is -2.43. The molecule has 2 rings (SSSR count). The SMILES string of the molecule is COc1cc2ccnc(N(C)C(C)(C)CCl)c2cc1OC. The Labute approximate surface area is 130 Å². The molecule has 0 saturated heterocycles. The van der Waals surface area contributed by atoms with Crippen LogP contribution in [0.4, 0.5) is 5.82 Å². The number of halogens is 1. The zero-order valence-corrected chi connectivity index (χ0v) is 13.9. The van der Waals surface area contributed by atoms with Crippen molar-refractivity contribution in [3.05, 3.63) is 24.4 Å². The summed E-state index contributed by atoms with van der Waals surface area (Å²) in [6.45, 7) is 4.17. The van der Waals surface area contributed by atoms with E-state index in [4.69, 9.17) is 21.1 Å². The van der Waals surface area contributed by atoms with Gasteiger partial charge in [0, 0.05) is 30.0 Å². The number of fused-ring (bicyclic) bond motifs is 1. The number of anilines is 1. The van der Waals surface area contributed by atoms with Crippen molar-refractivity contribution in [2.45, 2.75) is 19.4 Å². The number of nitrogens with zero attached hydrogens (tertiary/aromatic N) is 2. The Hall–Kier alpha value is -1.68. The molecule has 0 aliphatic carbocycles. The highest BCUT2D eigenvalue weighted by Crippen LogP contribution is 2.36. The van der Waals surface area contributed by atoms with Gasteiger partial charge in [-0.15, -0.1) is 11.6 Å². The Morgan fingerprint density at radius 1 is 1.19 bits per heavy atom. The van der Waals surface area contributed by atoms with Crippen molar-refractivity contribution in [2.24, 2.45) is 0 Å². The monoisotopic (exact) mass is 308 g/mol. The van der Waals surface area contributed by atoms with Crippen molar-refractivity contribution in [1.82, 2.24) is 4.98 Å². The molecule has 1 aromatic carbocycles. The molecule has 0 amide bonds. The molecule has 0 atom stereocenters. The van der Waals surface area contributed by atoms with Crippen LogP contribution in [0.25, 0.3) is 10.8 Å². The van der Waals surface area contributed by atoms with E-state index in [0.717, 1.165) is 16.6 Å². The summed E-state index contributed by atoms with van der Waals surface area (Å²) in [6.07, 6.45) is 1.80. The molecule has 0 fully saturated rings. The summed E-state index contributed by atoms with van der Waals surface area (Å²) in [5.74, 6) is 2.78. The molecule has 114 valence electrons. The topological polar surface area (TPSA) is 34.6 Å². The molecule has 1 heterocycles. The fourth-order valence-electron chi connectivity index (χ4n) is 2.13. The standard InChI is InChI=1S/C16H21ClN2O2/c1-16(2,10-17)19(3)15-12-9-14(21-5)13(20-4)8-11(12)6-7-18-15/h6-9H,10H2,1-5H3. The van der Waals surface area contributed by atoms with E-state index in [0.29, 0.717) is 17.4 Å². The van der Waals surface area contributed by atoms with Crippen molar-refractivity contribution in [3.8, 4) is 11.5 Å². The summed E-state index contributed by atoms with van der Waals surface area (Å²) in [7, 11) is 5.27. The highest BCUT2D eigenvalue weighted by atomic mass is 35.5. The lowest BCUT2D eigenvalue weighted by molar-refractivity contribution is 0.356. The fourth-order valence-corrected chi connectivity index (χ4v) is 2.31. The summed E-state index contributed by atoms with van der Waals surface area (Å²) in [4.78, 5) is 6.61. The lowest BCUT2D eigenvalue weighted by atomic mass is 10.0. The number of methoxy groups -OCH3 is 2. The summed E-state index contributed by atoms with van der Waals surface area (Å²) in [6, 6.07) is 5.88. The number of alkyl halides is 1. The first-order chi connectivity index (χ1) is 9.94. The predicted molar refractivity (Wildman–Crippen MR) is 88.0 cm³/mol. The minimum absolute atomic E-state index is 0.198. The molecule has 0 radical (unpaired) electrons. The van der Waals surface area contributed by atoms with Crippen molar-refractivity contribution in [1.29, 1.82) is 0 Å². The second-order valence-electron chi connectivity index (χ2n) is 5.57. The lowest BCUT2D eigenvalue weighted by Gasteiger charge is -2.35. The van der Waals surface area contributed by atoms with Crippen molar-refractivity contribution in [3.63, 3.8) is 0 Å². The molecular weight excluding hydrogens is 288 g/mol. The van der Waals surface area contributed by atoms with E-state index in [1.807, 2.05) is 25.2 Å². The highest BCUT2D eigenvalue weighted by Gasteiger charge is 2.25. The van der Waals surface area contributed by atoms with Gasteiger partial charge in [0.15, 0.2) is 11.5 Å². The fraction of sp³-hybridized carbons (Fsp3) is 0.438. The molecule has 0 unspecified atom stereocenters. The van der Waals surface area contributed by atoms with Crippen LogP contribution in [-0.2, 0) is 0 Å². The summed E-state index contributed by atoms with van der Waals surface area (Å²) in [5, 5.41) is 2.06. The number of rotatable bonds is 5. The smallest absolute Gasteiger partial charge is 0.161 e. The summed E-state index contributed by atoms with van der Waals surface area (Å²) in [5.41, 5.74) is -0.198. The average molecular weight is 309 g/mol. The Morgan fingerprint density at radius 2 is 1.81 bits per heavy atom. The third kappa shape index (κ3) is 2.86. The Balaban J connectivity index is 2.65. The van der Waals surface area contributed by atoms with Crippen molar-refractivity contribution < 1.29 is 9.47 Å². The first kappa shape index (κ1) is 15.7. The molecule has 0 bridgehead atoms. The van der Waals surface area contributed by atoms with Crippen LogP contribution in [0.5, 0.6) is 11.5 Å². The third-order valence-corrected chi connectivity index (χ3v) is 4.45. The van der Waals surface area contributed by atoms with E-state index >= 15 is 0 Å². The molecule has 0 spiro atoms. The van der Waals surface area contributed by atoms with Gasteiger partial charge in [-0.2, -0.15) is 0 Å². The van der Waals surface area contributed by atoms with Crippen LogP contribution in [0, 0.1) is 0 Å². The first-order valence-electron chi connectivity index (χ1n) is 6.75. The van der Waals surface area contributed by atoms with E-state index < -0.39 is 0 Å². The van der Waals surface area contributed by atoms with Gasteiger partial charge < -0.3 is 14.4 Å². The molecule has 0 aliphatic rings. The maximum absolute atomic E-state index is 6.08. The molecule has 0 saturated carbocycles. The number of aromatic nitrogens is 1. The minimum atomic E-state index is -0.198. The maximum atomic E-state index is 6.08. The predicted octanol–water partition coefficient (Wildman–Crippen LogP) is 3.71. The number of hydrogen-bond donors (Lipinski definition) is 0. The summed E-state index contributed by atoms with van der Waals surface area (Å²) < 4.78 is 10.7. The van der Waals surface area contributed by atoms with Gasteiger partial charge in [-0.1, -0.05) is 0 Å². The zero-order valence-electron chi connectivity index (χ0n) is 13.1. The summed E-state index contributed by atoms with van der Waals surface area (Å²) >= 11 is 6.08. The van der Waals surface area contributed by atoms with Gasteiger partial charge >= 0.3 is 0 Å². The first-order valence-corrected chi connectivity index (χ1v) is 7.28. The molecule has 4 nitrogen and oxygen atoms in total. The second-order valence-corrected chi connectivity index (χ2v) is 5.84. The van der Waals surface area contributed by atoms with E-state index in [1.54, 1.807) is 20.4 Å². The molecule has 2 aromatic rings. The van der Waals surface area contributed by atoms with E-state index in [1.165, 1.54) is 0 Å². The molecule has 0 aliphatic heterocycles. The Bertz CT molecular complexity index is 643. The molecule has 21 heavy (non-hydrogen) atoms. The van der Waals surface area contributed by atoms with Crippen LogP contribution < -0.4 is 14.4 Å². The van der Waals surface area contributed by atoms with Gasteiger partial charge in [0.25, 0.3) is 0 Å². The van der Waals surface area contributed by atoms with Gasteiger partial charge in [-0.3, -0.25) is 0 Å². The molecule has 0 N–H and O–H groups in total. The van der Waals surface area contributed by atoms with E-state index in [9.17, 15) is 0 Å². The van der Waals surface area contributed by atoms with Crippen molar-refractivity contribution >= 4 is 28.2 Å². The minimum Gasteiger partial charge on any atom is -0.493 e. The number of benzene rings is 1. The zero-order chi connectivity index (χ0) is 15.6. The maximum Gasteiger partial charge on any atom is 0.161 e. The van der Waals surface area contributed by atoms with Gasteiger partial charge in [-0.05, 0) is 37.4 Å². The van der Waals surface area contributed by atoms with Crippen LogP contribution in [0.1, 0.15) is 13.8 Å². The third-order valence-electron chi connectivity index (χ3n) is 3.80. The molecular formula is C16H21ClN2O2. The van der Waals surface area contributed by atoms with Gasteiger partial charge in [0.1, 0.15) is 5.82 Å². The number of ether oxygens (including phenoxy) is 2. The molecule has 5 heteroatoms. The Kier molecular flexibility index (Phi) is 4.47. The van der Waals surface area contributed by atoms with Crippen LogP contribution >= 0.6 is 11.6 Å². The van der Waals surface area contributed by atoms with E-state index in [-0.39, 0.29) is 5.54 Å². The van der Waals surface area contributed by atoms with Crippen LogP contribution in [0.2, 0.25) is 0 Å². The van der Waals surface area contributed by atoms with Crippen LogP contribution in [-0.4, -0.2) is 37.7 Å². The van der Waals surface area contributed by atoms with Crippen LogP contribution in [0.3, 0.4) is 0 Å². The van der Waals surface area contributed by atoms with Gasteiger partial charge in [-0.25, -0.2) is 4.98 Å². The van der Waals surface area contributed by atoms with Crippen molar-refractivity contribution in [2.75, 3.05) is 32.0 Å². The van der Waals surface area contributed by atoms with Gasteiger partial charge in [0.05, 0.1) is 14.2 Å². The second kappa shape index (κ2) is 5.98. The molecule has 1 aromatic heterocycles.